The standard InChI is InChI=1S/C21H16F3NO2/c1-27-16-11-9-15(10-12-16)19(13-20(26)21(22,23)24)25-18-8-4-6-14-5-2-3-7-17(14)18/h2-13,25H,1H3/b19-13-. The summed E-state index contributed by atoms with van der Waals surface area (Å²) in [6.07, 6.45) is -4.37. The van der Waals surface area contributed by atoms with Gasteiger partial charge in [0.15, 0.2) is 0 Å². The van der Waals surface area contributed by atoms with Crippen LogP contribution in [0, 0.1) is 0 Å². The molecule has 0 saturated heterocycles. The van der Waals surface area contributed by atoms with Gasteiger partial charge >= 0.3 is 6.18 Å². The zero-order valence-electron chi connectivity index (χ0n) is 14.4. The van der Waals surface area contributed by atoms with E-state index < -0.39 is 12.0 Å². The van der Waals surface area contributed by atoms with Crippen molar-refractivity contribution in [2.45, 2.75) is 6.18 Å². The molecule has 6 heteroatoms. The number of carbonyl (C=O) groups excluding carboxylic acids is 1. The molecular weight excluding hydrogens is 355 g/mol. The molecule has 0 atom stereocenters. The minimum Gasteiger partial charge on any atom is -0.497 e. The van der Waals surface area contributed by atoms with Crippen LogP contribution in [0.5, 0.6) is 5.75 Å². The summed E-state index contributed by atoms with van der Waals surface area (Å²) in [5.41, 5.74) is 1.09. The van der Waals surface area contributed by atoms with E-state index in [1.54, 1.807) is 36.4 Å². The van der Waals surface area contributed by atoms with Gasteiger partial charge in [0.1, 0.15) is 5.75 Å². The number of nitrogens with one attached hydrogen (secondary N) is 1. The van der Waals surface area contributed by atoms with Crippen molar-refractivity contribution in [1.82, 2.24) is 0 Å². The molecule has 0 radical (unpaired) electrons. The van der Waals surface area contributed by atoms with Crippen molar-refractivity contribution in [1.29, 1.82) is 0 Å². The number of carbonyl (C=O) groups is 1. The van der Waals surface area contributed by atoms with Crippen molar-refractivity contribution in [2.24, 2.45) is 0 Å². The smallest absolute Gasteiger partial charge is 0.454 e. The quantitative estimate of drug-likeness (QED) is 0.608. The van der Waals surface area contributed by atoms with E-state index in [-0.39, 0.29) is 5.70 Å². The summed E-state index contributed by atoms with van der Waals surface area (Å²) in [4.78, 5) is 11.6. The molecule has 138 valence electrons. The fourth-order valence-electron chi connectivity index (χ4n) is 2.65. The molecular formula is C21H16F3NO2. The summed E-state index contributed by atoms with van der Waals surface area (Å²) in [5.74, 6) is -1.37. The largest absolute Gasteiger partial charge is 0.497 e. The molecule has 0 heterocycles. The number of methoxy groups -OCH3 is 1. The van der Waals surface area contributed by atoms with Crippen LogP contribution in [0.15, 0.2) is 72.8 Å². The Morgan fingerprint density at radius 3 is 2.30 bits per heavy atom. The highest BCUT2D eigenvalue weighted by molar-refractivity contribution is 6.04. The van der Waals surface area contributed by atoms with Crippen LogP contribution in [-0.2, 0) is 4.79 Å². The third kappa shape index (κ3) is 4.28. The molecule has 3 rings (SSSR count). The van der Waals surface area contributed by atoms with E-state index in [0.717, 1.165) is 10.8 Å². The van der Waals surface area contributed by atoms with Crippen LogP contribution in [0.2, 0.25) is 0 Å². The van der Waals surface area contributed by atoms with Crippen molar-refractivity contribution in [3.8, 4) is 5.75 Å². The third-order valence-electron chi connectivity index (χ3n) is 4.01. The van der Waals surface area contributed by atoms with E-state index in [1.165, 1.54) is 7.11 Å². The predicted octanol–water partition coefficient (Wildman–Crippen LogP) is 5.43. The molecule has 3 nitrogen and oxygen atoms in total. The summed E-state index contributed by atoms with van der Waals surface area (Å²) in [6, 6.07) is 19.3. The number of alkyl halides is 3. The first kappa shape index (κ1) is 18.5. The Hall–Kier alpha value is -3.28. The second-order valence-corrected chi connectivity index (χ2v) is 5.80. The average Bonchev–Trinajstić information content (AvgIpc) is 2.67. The second kappa shape index (κ2) is 7.53. The fraction of sp³-hybridized carbons (Fsp3) is 0.0952. The number of ether oxygens (including phenoxy) is 1. The number of ketones is 1. The summed E-state index contributed by atoms with van der Waals surface area (Å²) in [6.45, 7) is 0. The Morgan fingerprint density at radius 2 is 1.63 bits per heavy atom. The summed E-state index contributed by atoms with van der Waals surface area (Å²) >= 11 is 0. The third-order valence-corrected chi connectivity index (χ3v) is 4.01. The maximum atomic E-state index is 12.8. The predicted molar refractivity (Wildman–Crippen MR) is 99.6 cm³/mol. The Balaban J connectivity index is 2.06. The van der Waals surface area contributed by atoms with Gasteiger partial charge < -0.3 is 10.1 Å². The molecule has 0 unspecified atom stereocenters. The monoisotopic (exact) mass is 371 g/mol. The van der Waals surface area contributed by atoms with Crippen molar-refractivity contribution >= 4 is 27.9 Å². The molecule has 0 fully saturated rings. The van der Waals surface area contributed by atoms with Crippen LogP contribution in [0.1, 0.15) is 5.56 Å². The number of hydrogen-bond acceptors (Lipinski definition) is 3. The highest BCUT2D eigenvalue weighted by atomic mass is 19.4. The van der Waals surface area contributed by atoms with E-state index in [0.29, 0.717) is 23.1 Å². The van der Waals surface area contributed by atoms with Crippen molar-refractivity contribution in [3.05, 3.63) is 78.4 Å². The van der Waals surface area contributed by atoms with E-state index in [2.05, 4.69) is 5.32 Å². The van der Waals surface area contributed by atoms with Crippen molar-refractivity contribution < 1.29 is 22.7 Å². The van der Waals surface area contributed by atoms with Gasteiger partial charge in [0, 0.05) is 22.8 Å². The SMILES string of the molecule is COc1ccc(/C(=C/C(=O)C(F)(F)F)Nc2cccc3ccccc23)cc1. The lowest BCUT2D eigenvalue weighted by Crippen LogP contribution is -2.21. The molecule has 3 aromatic carbocycles. The van der Waals surface area contributed by atoms with E-state index in [1.807, 2.05) is 30.3 Å². The number of anilines is 1. The van der Waals surface area contributed by atoms with Crippen LogP contribution in [0.25, 0.3) is 16.5 Å². The van der Waals surface area contributed by atoms with Crippen molar-refractivity contribution in [3.63, 3.8) is 0 Å². The number of rotatable bonds is 5. The summed E-state index contributed by atoms with van der Waals surface area (Å²) in [7, 11) is 1.49. The number of benzene rings is 3. The van der Waals surface area contributed by atoms with Crippen LogP contribution in [0.4, 0.5) is 18.9 Å². The molecule has 0 amide bonds. The van der Waals surface area contributed by atoms with Gasteiger partial charge in [-0.1, -0.05) is 36.4 Å². The first-order valence-electron chi connectivity index (χ1n) is 8.10. The first-order chi connectivity index (χ1) is 12.9. The maximum absolute atomic E-state index is 12.8. The van der Waals surface area contributed by atoms with Gasteiger partial charge in [-0.15, -0.1) is 0 Å². The maximum Gasteiger partial charge on any atom is 0.454 e. The fourth-order valence-corrected chi connectivity index (χ4v) is 2.65. The van der Waals surface area contributed by atoms with E-state index >= 15 is 0 Å². The molecule has 0 saturated carbocycles. The lowest BCUT2D eigenvalue weighted by atomic mass is 10.1. The molecule has 0 aliphatic carbocycles. The second-order valence-electron chi connectivity index (χ2n) is 5.80. The number of halogens is 3. The van der Waals surface area contributed by atoms with E-state index in [9.17, 15) is 18.0 Å². The molecule has 0 aliphatic heterocycles. The zero-order valence-corrected chi connectivity index (χ0v) is 14.4. The first-order valence-corrected chi connectivity index (χ1v) is 8.10. The minimum absolute atomic E-state index is 0.0522. The molecule has 1 N–H and O–H groups in total. The van der Waals surface area contributed by atoms with Crippen LogP contribution in [0.3, 0.4) is 0 Å². The highest BCUT2D eigenvalue weighted by Crippen LogP contribution is 2.28. The molecule has 0 aromatic heterocycles. The van der Waals surface area contributed by atoms with Crippen molar-refractivity contribution in [2.75, 3.05) is 12.4 Å². The zero-order chi connectivity index (χ0) is 19.4. The average molecular weight is 371 g/mol. The summed E-state index contributed by atoms with van der Waals surface area (Å²) in [5, 5.41) is 4.74. The van der Waals surface area contributed by atoms with Crippen LogP contribution in [-0.4, -0.2) is 19.1 Å². The molecule has 0 spiro atoms. The minimum atomic E-state index is -4.95. The lowest BCUT2D eigenvalue weighted by Gasteiger charge is -2.15. The number of allylic oxidation sites excluding steroid dienone is 1. The number of fused-ring (bicyclic) bond motifs is 1. The molecule has 0 bridgehead atoms. The highest BCUT2D eigenvalue weighted by Gasteiger charge is 2.37. The molecule has 27 heavy (non-hydrogen) atoms. The Labute approximate surface area is 154 Å². The Kier molecular flexibility index (Phi) is 5.16. The van der Waals surface area contributed by atoms with Gasteiger partial charge in [0.05, 0.1) is 7.11 Å². The normalized spacial score (nSPS) is 12.1. The van der Waals surface area contributed by atoms with Gasteiger partial charge in [0.2, 0.25) is 0 Å². The number of hydrogen-bond donors (Lipinski definition) is 1. The van der Waals surface area contributed by atoms with Crippen LogP contribution >= 0.6 is 0 Å². The van der Waals surface area contributed by atoms with Gasteiger partial charge in [-0.05, 0) is 41.3 Å². The molecule has 3 aromatic rings. The Bertz CT molecular complexity index is 987. The Morgan fingerprint density at radius 1 is 0.963 bits per heavy atom. The summed E-state index contributed by atoms with van der Waals surface area (Å²) < 4.78 is 43.5. The topological polar surface area (TPSA) is 38.3 Å². The van der Waals surface area contributed by atoms with Gasteiger partial charge in [-0.2, -0.15) is 13.2 Å². The van der Waals surface area contributed by atoms with Gasteiger partial charge in [0.25, 0.3) is 5.78 Å². The van der Waals surface area contributed by atoms with E-state index in [4.69, 9.17) is 4.74 Å². The van der Waals surface area contributed by atoms with Crippen LogP contribution < -0.4 is 10.1 Å². The van der Waals surface area contributed by atoms with Gasteiger partial charge in [-0.3, -0.25) is 4.79 Å². The van der Waals surface area contributed by atoms with Gasteiger partial charge in [-0.25, -0.2) is 0 Å². The lowest BCUT2D eigenvalue weighted by molar-refractivity contribution is -0.165. The molecule has 0 aliphatic rings.